The van der Waals surface area contributed by atoms with E-state index in [1.807, 2.05) is 40.1 Å². The zero-order chi connectivity index (χ0) is 19.2. The fraction of sp³-hybridized carbons (Fsp3) is 0.364. The highest BCUT2D eigenvalue weighted by Crippen LogP contribution is 2.26. The van der Waals surface area contributed by atoms with Crippen molar-refractivity contribution in [1.29, 1.82) is 0 Å². The number of piperidine rings is 1. The first-order valence-electron chi connectivity index (χ1n) is 9.91. The third-order valence-corrected chi connectivity index (χ3v) is 5.30. The van der Waals surface area contributed by atoms with E-state index in [1.54, 1.807) is 18.7 Å². The minimum absolute atomic E-state index is 0.239. The molecule has 6 heteroatoms. The van der Waals surface area contributed by atoms with Gasteiger partial charge in [0.15, 0.2) is 5.82 Å². The summed E-state index contributed by atoms with van der Waals surface area (Å²) in [7, 11) is 0. The van der Waals surface area contributed by atoms with Gasteiger partial charge >= 0.3 is 0 Å². The minimum Gasteiger partial charge on any atom is -0.342 e. The van der Waals surface area contributed by atoms with E-state index >= 15 is 0 Å². The fourth-order valence-corrected chi connectivity index (χ4v) is 3.78. The van der Waals surface area contributed by atoms with Gasteiger partial charge in [0.25, 0.3) is 0 Å². The van der Waals surface area contributed by atoms with Gasteiger partial charge in [-0.05, 0) is 31.2 Å². The van der Waals surface area contributed by atoms with Crippen LogP contribution in [0, 0.1) is 0 Å². The molecule has 1 fully saturated rings. The Morgan fingerprint density at radius 3 is 2.86 bits per heavy atom. The number of nitrogens with zero attached hydrogens (tertiary/aromatic N) is 5. The normalized spacial score (nSPS) is 16.9. The van der Waals surface area contributed by atoms with Gasteiger partial charge in [-0.15, -0.1) is 0 Å². The highest BCUT2D eigenvalue weighted by Gasteiger charge is 2.25. The molecule has 144 valence electrons. The molecule has 0 radical (unpaired) electrons. The van der Waals surface area contributed by atoms with Gasteiger partial charge in [-0.1, -0.05) is 30.3 Å². The number of aryl methyl sites for hydroxylation is 1. The van der Waals surface area contributed by atoms with E-state index in [0.717, 1.165) is 50.3 Å². The summed E-state index contributed by atoms with van der Waals surface area (Å²) in [5.41, 5.74) is 2.24. The molecule has 2 aromatic heterocycles. The van der Waals surface area contributed by atoms with Crippen LogP contribution in [0.5, 0.6) is 0 Å². The monoisotopic (exact) mass is 375 g/mol. The lowest BCUT2D eigenvalue weighted by Crippen LogP contribution is -2.39. The van der Waals surface area contributed by atoms with Gasteiger partial charge < -0.3 is 4.90 Å². The molecule has 0 saturated carbocycles. The SMILES string of the molecule is O=C(CCCc1ccccc1)N1CCC[C@@H](c2cncc(-n3ccnc3)n2)C1. The smallest absolute Gasteiger partial charge is 0.222 e. The third-order valence-electron chi connectivity index (χ3n) is 5.30. The van der Waals surface area contributed by atoms with Gasteiger partial charge in [0.1, 0.15) is 6.33 Å². The quantitative estimate of drug-likeness (QED) is 0.662. The molecule has 1 aliphatic rings. The highest BCUT2D eigenvalue weighted by atomic mass is 16.2. The second kappa shape index (κ2) is 8.78. The van der Waals surface area contributed by atoms with E-state index in [4.69, 9.17) is 4.98 Å². The molecule has 1 aromatic carbocycles. The summed E-state index contributed by atoms with van der Waals surface area (Å²) >= 11 is 0. The number of imidazole rings is 1. The molecule has 0 aliphatic carbocycles. The molecule has 28 heavy (non-hydrogen) atoms. The second-order valence-corrected chi connectivity index (χ2v) is 7.29. The topological polar surface area (TPSA) is 63.9 Å². The molecule has 0 spiro atoms. The van der Waals surface area contributed by atoms with Gasteiger partial charge in [0.2, 0.25) is 5.91 Å². The summed E-state index contributed by atoms with van der Waals surface area (Å²) in [5.74, 6) is 1.25. The van der Waals surface area contributed by atoms with E-state index in [-0.39, 0.29) is 11.8 Å². The maximum Gasteiger partial charge on any atom is 0.222 e. The van der Waals surface area contributed by atoms with Gasteiger partial charge in [-0.2, -0.15) is 0 Å². The molecule has 0 N–H and O–H groups in total. The van der Waals surface area contributed by atoms with Crippen molar-refractivity contribution in [2.24, 2.45) is 0 Å². The summed E-state index contributed by atoms with van der Waals surface area (Å²) in [6.07, 6.45) is 13.3. The molecule has 4 rings (SSSR count). The Balaban J connectivity index is 1.35. The van der Waals surface area contributed by atoms with Gasteiger partial charge in [-0.3, -0.25) is 14.3 Å². The lowest BCUT2D eigenvalue weighted by Gasteiger charge is -2.32. The van der Waals surface area contributed by atoms with Gasteiger partial charge in [0, 0.05) is 44.0 Å². The predicted octanol–water partition coefficient (Wildman–Crippen LogP) is 3.39. The molecular weight excluding hydrogens is 350 g/mol. The zero-order valence-electron chi connectivity index (χ0n) is 15.9. The summed E-state index contributed by atoms with van der Waals surface area (Å²) in [4.78, 5) is 27.9. The molecule has 3 heterocycles. The molecule has 0 bridgehead atoms. The maximum atomic E-state index is 12.7. The fourth-order valence-electron chi connectivity index (χ4n) is 3.78. The lowest BCUT2D eigenvalue weighted by atomic mass is 9.94. The first-order chi connectivity index (χ1) is 13.8. The van der Waals surface area contributed by atoms with Crippen LogP contribution in [0.3, 0.4) is 0 Å². The number of benzene rings is 1. The Labute approximate surface area is 165 Å². The second-order valence-electron chi connectivity index (χ2n) is 7.29. The van der Waals surface area contributed by atoms with Crippen LogP contribution >= 0.6 is 0 Å². The summed E-state index contributed by atoms with van der Waals surface area (Å²) in [5, 5.41) is 0. The first kappa shape index (κ1) is 18.3. The van der Waals surface area contributed by atoms with E-state index in [9.17, 15) is 4.79 Å². The van der Waals surface area contributed by atoms with Crippen LogP contribution in [-0.4, -0.2) is 43.4 Å². The number of rotatable bonds is 6. The van der Waals surface area contributed by atoms with E-state index in [0.29, 0.717) is 6.42 Å². The van der Waals surface area contributed by atoms with E-state index in [1.165, 1.54) is 5.56 Å². The first-order valence-corrected chi connectivity index (χ1v) is 9.91. The van der Waals surface area contributed by atoms with Gasteiger partial charge in [0.05, 0.1) is 11.9 Å². The zero-order valence-corrected chi connectivity index (χ0v) is 15.9. The standard InChI is InChI=1S/C22H25N5O/c28-22(10-4-8-18-6-2-1-3-7-18)26-12-5-9-19(16-26)20-14-24-15-21(25-20)27-13-11-23-17-27/h1-3,6-7,11,13-15,17,19H,4-5,8-10,12,16H2/t19-/m1/s1. The Kier molecular flexibility index (Phi) is 5.75. The Morgan fingerprint density at radius 1 is 1.14 bits per heavy atom. The Hall–Kier alpha value is -3.02. The molecule has 3 aromatic rings. The van der Waals surface area contributed by atoms with E-state index < -0.39 is 0 Å². The molecule has 1 amide bonds. The minimum atomic E-state index is 0.239. The van der Waals surface area contributed by atoms with Crippen LogP contribution in [0.2, 0.25) is 0 Å². The molecule has 6 nitrogen and oxygen atoms in total. The summed E-state index contributed by atoms with van der Waals surface area (Å²) < 4.78 is 1.85. The predicted molar refractivity (Wildman–Crippen MR) is 107 cm³/mol. The lowest BCUT2D eigenvalue weighted by molar-refractivity contribution is -0.132. The van der Waals surface area contributed by atoms with Crippen molar-refractivity contribution >= 4 is 5.91 Å². The van der Waals surface area contributed by atoms with Crippen molar-refractivity contribution in [2.45, 2.75) is 38.0 Å². The number of likely N-dealkylation sites (tertiary alicyclic amines) is 1. The summed E-state index contributed by atoms with van der Waals surface area (Å²) in [6.45, 7) is 1.57. The van der Waals surface area contributed by atoms with Crippen LogP contribution in [-0.2, 0) is 11.2 Å². The van der Waals surface area contributed by atoms with Crippen molar-refractivity contribution in [2.75, 3.05) is 13.1 Å². The van der Waals surface area contributed by atoms with Crippen molar-refractivity contribution in [3.8, 4) is 5.82 Å². The van der Waals surface area contributed by atoms with Crippen LogP contribution in [0.15, 0.2) is 61.4 Å². The number of aromatic nitrogens is 4. The number of hydrogen-bond acceptors (Lipinski definition) is 4. The van der Waals surface area contributed by atoms with Crippen molar-refractivity contribution in [1.82, 2.24) is 24.4 Å². The molecule has 1 aliphatic heterocycles. The van der Waals surface area contributed by atoms with Crippen LogP contribution in [0.1, 0.15) is 42.9 Å². The largest absolute Gasteiger partial charge is 0.342 e. The molecule has 0 unspecified atom stereocenters. The van der Waals surface area contributed by atoms with Crippen LogP contribution < -0.4 is 0 Å². The van der Waals surface area contributed by atoms with Crippen molar-refractivity contribution < 1.29 is 4.79 Å². The number of carbonyl (C=O) groups is 1. The van der Waals surface area contributed by atoms with E-state index in [2.05, 4.69) is 22.1 Å². The summed E-state index contributed by atoms with van der Waals surface area (Å²) in [6, 6.07) is 10.4. The Morgan fingerprint density at radius 2 is 2.04 bits per heavy atom. The molecular formula is C22H25N5O. The number of carbonyl (C=O) groups excluding carboxylic acids is 1. The third kappa shape index (κ3) is 4.44. The average molecular weight is 375 g/mol. The van der Waals surface area contributed by atoms with Gasteiger partial charge in [-0.25, -0.2) is 9.97 Å². The van der Waals surface area contributed by atoms with Crippen LogP contribution in [0.25, 0.3) is 5.82 Å². The van der Waals surface area contributed by atoms with Crippen LogP contribution in [0.4, 0.5) is 0 Å². The average Bonchev–Trinajstić information content (AvgIpc) is 3.30. The van der Waals surface area contributed by atoms with Crippen molar-refractivity contribution in [3.05, 3.63) is 72.7 Å². The Bertz CT molecular complexity index is 894. The number of amides is 1. The molecule has 1 atom stereocenters. The van der Waals surface area contributed by atoms with Crippen molar-refractivity contribution in [3.63, 3.8) is 0 Å². The molecule has 1 saturated heterocycles. The maximum absolute atomic E-state index is 12.7. The highest BCUT2D eigenvalue weighted by molar-refractivity contribution is 5.76. The number of hydrogen-bond donors (Lipinski definition) is 0.